The maximum absolute atomic E-state index is 11.0. The van der Waals surface area contributed by atoms with Crippen LogP contribution >= 0.6 is 0 Å². The first-order chi connectivity index (χ1) is 15.5. The monoisotopic (exact) mass is 483 g/mol. The third kappa shape index (κ3) is 5.32. The van der Waals surface area contributed by atoms with Crippen LogP contribution in [0.2, 0.25) is 0 Å². The van der Waals surface area contributed by atoms with Crippen molar-refractivity contribution in [1.29, 1.82) is 0 Å². The third-order valence-corrected chi connectivity index (χ3v) is 6.56. The van der Waals surface area contributed by atoms with Gasteiger partial charge in [-0.2, -0.15) is 0 Å². The van der Waals surface area contributed by atoms with Crippen molar-refractivity contribution in [1.82, 2.24) is 0 Å². The van der Waals surface area contributed by atoms with Gasteiger partial charge in [-0.25, -0.2) is 0 Å². The van der Waals surface area contributed by atoms with E-state index >= 15 is 0 Å². The molecule has 0 amide bonds. The van der Waals surface area contributed by atoms with Gasteiger partial charge in [-0.15, -0.1) is 0 Å². The Morgan fingerprint density at radius 2 is 1.21 bits per heavy atom. The van der Waals surface area contributed by atoms with Crippen molar-refractivity contribution >= 4 is 0 Å². The van der Waals surface area contributed by atoms with Crippen molar-refractivity contribution in [3.63, 3.8) is 0 Å². The molecule has 15 heteroatoms. The molecule has 0 radical (unpaired) electrons. The number of aliphatic hydroxyl groups is 6. The summed E-state index contributed by atoms with van der Waals surface area (Å²) >= 11 is 0. The molecule has 0 aromatic heterocycles. The smallest absolute Gasteiger partial charge is 0.186 e. The first-order valence-electron chi connectivity index (χ1n) is 10.9. The molecule has 2 heterocycles. The van der Waals surface area contributed by atoms with Crippen LogP contribution in [0.5, 0.6) is 0 Å². The van der Waals surface area contributed by atoms with Crippen LogP contribution in [0.25, 0.3) is 0 Å². The zero-order chi connectivity index (χ0) is 24.6. The van der Waals surface area contributed by atoms with Crippen molar-refractivity contribution in [3.05, 3.63) is 0 Å². The molecular weight excluding hydrogens is 446 g/mol. The molecule has 0 bridgehead atoms. The van der Waals surface area contributed by atoms with Crippen molar-refractivity contribution in [3.8, 4) is 0 Å². The second-order valence-corrected chi connectivity index (χ2v) is 8.88. The van der Waals surface area contributed by atoms with Gasteiger partial charge in [-0.3, -0.25) is 0 Å². The van der Waals surface area contributed by atoms with E-state index in [1.807, 2.05) is 0 Å². The van der Waals surface area contributed by atoms with Gasteiger partial charge in [0.15, 0.2) is 12.6 Å². The number of hydrogen-bond donors (Lipinski definition) is 11. The second kappa shape index (κ2) is 11.0. The molecule has 3 rings (SSSR count). The lowest BCUT2D eigenvalue weighted by molar-refractivity contribution is -0.318. The molecule has 194 valence electrons. The van der Waals surface area contributed by atoms with E-state index in [4.69, 9.17) is 47.6 Å². The van der Waals surface area contributed by atoms with E-state index in [0.717, 1.165) is 0 Å². The van der Waals surface area contributed by atoms with Gasteiger partial charge in [-0.1, -0.05) is 0 Å². The van der Waals surface area contributed by atoms with Crippen molar-refractivity contribution in [2.75, 3.05) is 13.2 Å². The Labute approximate surface area is 190 Å². The molecule has 15 atom stereocenters. The Kier molecular flexibility index (Phi) is 8.99. The van der Waals surface area contributed by atoms with Crippen LogP contribution in [0, 0.1) is 0 Å². The average molecular weight is 484 g/mol. The molecule has 2 aliphatic heterocycles. The SMILES string of the molecule is NC[C@H]1O[C@@H](O[C@H]2[C@H](O)[C@@H](O[C@H]3O[C@H](CO)[C@@H](O)[C@H](N)[C@H]3O)[C@H](N)C[C@@H]2N)[C@H](N)[C@@H](O)[C@@H]1O. The lowest BCUT2D eigenvalue weighted by atomic mass is 9.84. The predicted octanol–water partition coefficient (Wildman–Crippen LogP) is -7.33. The largest absolute Gasteiger partial charge is 0.394 e. The lowest BCUT2D eigenvalue weighted by Gasteiger charge is -2.48. The Morgan fingerprint density at radius 3 is 1.76 bits per heavy atom. The van der Waals surface area contributed by atoms with Crippen LogP contribution in [-0.4, -0.2) is 135 Å². The molecule has 0 spiro atoms. The fourth-order valence-electron chi connectivity index (χ4n) is 4.45. The van der Waals surface area contributed by atoms with E-state index < -0.39 is 98.3 Å². The number of rotatable bonds is 6. The second-order valence-electron chi connectivity index (χ2n) is 8.88. The highest BCUT2D eigenvalue weighted by molar-refractivity contribution is 5.01. The van der Waals surface area contributed by atoms with E-state index in [1.54, 1.807) is 0 Å². The molecule has 3 fully saturated rings. The fraction of sp³-hybridized carbons (Fsp3) is 1.00. The summed E-state index contributed by atoms with van der Waals surface area (Å²) in [6.07, 6.45) is -13.9. The molecule has 2 saturated heterocycles. The Balaban J connectivity index is 1.72. The number of hydrogen-bond acceptors (Lipinski definition) is 15. The molecule has 1 aliphatic carbocycles. The van der Waals surface area contributed by atoms with E-state index in [0.29, 0.717) is 0 Å². The lowest BCUT2D eigenvalue weighted by Crippen LogP contribution is -2.69. The van der Waals surface area contributed by atoms with Crippen molar-refractivity contribution < 1.29 is 49.6 Å². The van der Waals surface area contributed by atoms with Gasteiger partial charge in [0.1, 0.15) is 54.9 Å². The van der Waals surface area contributed by atoms with Crippen LogP contribution in [0.15, 0.2) is 0 Å². The zero-order valence-electron chi connectivity index (χ0n) is 18.0. The first-order valence-corrected chi connectivity index (χ1v) is 10.9. The molecule has 15 nitrogen and oxygen atoms in total. The maximum atomic E-state index is 11.0. The van der Waals surface area contributed by atoms with E-state index in [9.17, 15) is 30.6 Å². The molecule has 16 N–H and O–H groups in total. The van der Waals surface area contributed by atoms with Crippen LogP contribution in [0.3, 0.4) is 0 Å². The van der Waals surface area contributed by atoms with Crippen molar-refractivity contribution in [2.24, 2.45) is 28.7 Å². The minimum Gasteiger partial charge on any atom is -0.394 e. The Bertz CT molecular complexity index is 585. The molecule has 3 aliphatic rings. The topological polar surface area (TPSA) is 288 Å². The minimum absolute atomic E-state index is 0.115. The standard InChI is InChI=1S/C18H37N5O10/c19-2-6-11(26)12(27)9(23)17(30-6)32-15-4(20)1-5(21)16(14(15)29)33-18-13(28)8(22)10(25)7(3-24)31-18/h4-18,24-29H,1-3,19-23H2/t4-,5+,6+,7+,8-,9+,10+,11+,12+,13+,14-,15+,16-,17-,18+/m0/s1. The summed E-state index contributed by atoms with van der Waals surface area (Å²) in [5.74, 6) is 0. The summed E-state index contributed by atoms with van der Waals surface area (Å²) in [4.78, 5) is 0. The van der Waals surface area contributed by atoms with Gasteiger partial charge in [0.2, 0.25) is 0 Å². The average Bonchev–Trinajstić information content (AvgIpc) is 2.79. The number of ether oxygens (including phenoxy) is 4. The van der Waals surface area contributed by atoms with Gasteiger partial charge >= 0.3 is 0 Å². The number of nitrogens with two attached hydrogens (primary N) is 5. The molecule has 0 unspecified atom stereocenters. The Hall–Kier alpha value is -0.600. The quantitative estimate of drug-likeness (QED) is 0.167. The summed E-state index contributed by atoms with van der Waals surface area (Å²) in [6, 6.07) is -3.92. The Morgan fingerprint density at radius 1 is 0.667 bits per heavy atom. The minimum atomic E-state index is -1.48. The summed E-state index contributed by atoms with van der Waals surface area (Å²) < 4.78 is 22.5. The van der Waals surface area contributed by atoms with Gasteiger partial charge < -0.3 is 78.3 Å². The summed E-state index contributed by atoms with van der Waals surface area (Å²) in [5, 5.41) is 60.9. The summed E-state index contributed by atoms with van der Waals surface area (Å²) in [6.45, 7) is -0.694. The first kappa shape index (κ1) is 27.0. The van der Waals surface area contributed by atoms with Crippen LogP contribution in [0.1, 0.15) is 6.42 Å². The molecule has 33 heavy (non-hydrogen) atoms. The van der Waals surface area contributed by atoms with Crippen molar-refractivity contribution in [2.45, 2.75) is 98.1 Å². The van der Waals surface area contributed by atoms with Gasteiger partial charge in [-0.05, 0) is 6.42 Å². The van der Waals surface area contributed by atoms with E-state index in [1.165, 1.54) is 0 Å². The van der Waals surface area contributed by atoms with Gasteiger partial charge in [0.05, 0.1) is 18.7 Å². The molecule has 0 aromatic carbocycles. The normalized spacial score (nSPS) is 53.7. The highest BCUT2D eigenvalue weighted by Crippen LogP contribution is 2.30. The predicted molar refractivity (Wildman–Crippen MR) is 110 cm³/mol. The highest BCUT2D eigenvalue weighted by Gasteiger charge is 2.51. The zero-order valence-corrected chi connectivity index (χ0v) is 18.0. The van der Waals surface area contributed by atoms with Gasteiger partial charge in [0, 0.05) is 18.6 Å². The number of aliphatic hydroxyl groups excluding tert-OH is 6. The highest BCUT2D eigenvalue weighted by atomic mass is 16.7. The molecule has 0 aromatic rings. The third-order valence-electron chi connectivity index (χ3n) is 6.56. The molecule has 1 saturated carbocycles. The summed E-state index contributed by atoms with van der Waals surface area (Å²) in [5.41, 5.74) is 29.6. The maximum Gasteiger partial charge on any atom is 0.186 e. The van der Waals surface area contributed by atoms with E-state index in [-0.39, 0.29) is 13.0 Å². The van der Waals surface area contributed by atoms with E-state index in [2.05, 4.69) is 0 Å². The fourth-order valence-corrected chi connectivity index (χ4v) is 4.45. The van der Waals surface area contributed by atoms with Gasteiger partial charge in [0.25, 0.3) is 0 Å². The van der Waals surface area contributed by atoms with Crippen LogP contribution < -0.4 is 28.7 Å². The summed E-state index contributed by atoms with van der Waals surface area (Å²) in [7, 11) is 0. The van der Waals surface area contributed by atoms with Crippen LogP contribution in [0.4, 0.5) is 0 Å². The van der Waals surface area contributed by atoms with Crippen LogP contribution in [-0.2, 0) is 18.9 Å². The molecular formula is C18H37N5O10.